The van der Waals surface area contributed by atoms with E-state index in [1.165, 1.54) is 50.1 Å². The fraction of sp³-hybridized carbons (Fsp3) is 0.125. The van der Waals surface area contributed by atoms with E-state index in [1.807, 2.05) is 6.08 Å². The van der Waals surface area contributed by atoms with Gasteiger partial charge in [-0.05, 0) is 82.0 Å². The Hall–Kier alpha value is -3.64. The van der Waals surface area contributed by atoms with E-state index in [2.05, 4.69) is 124 Å². The molecule has 0 radical (unpaired) electrons. The van der Waals surface area contributed by atoms with Gasteiger partial charge in [0.15, 0.2) is 0 Å². The number of allylic oxidation sites excluding steroid dienone is 8. The molecule has 0 heteroatoms. The van der Waals surface area contributed by atoms with Crippen molar-refractivity contribution in [2.24, 2.45) is 0 Å². The van der Waals surface area contributed by atoms with Crippen molar-refractivity contribution in [3.8, 4) is 22.3 Å². The fourth-order valence-corrected chi connectivity index (χ4v) is 4.44. The molecule has 0 bridgehead atoms. The van der Waals surface area contributed by atoms with E-state index in [1.54, 1.807) is 0 Å². The van der Waals surface area contributed by atoms with E-state index in [9.17, 15) is 0 Å². The Kier molecular flexibility index (Phi) is 6.82. The van der Waals surface area contributed by atoms with Crippen LogP contribution < -0.4 is 0 Å². The van der Waals surface area contributed by atoms with Crippen molar-refractivity contribution in [3.05, 3.63) is 138 Å². The second kappa shape index (κ2) is 10.1. The molecule has 0 saturated heterocycles. The SMILES string of the molecule is C=C/C=C(\C=C/C)C(/C=C\c1cc(-c2ccccc2)cc2c1Cc1ccccc1-2)=C/CC. The Morgan fingerprint density at radius 2 is 1.66 bits per heavy atom. The monoisotopic (exact) mass is 414 g/mol. The molecule has 0 saturated carbocycles. The third kappa shape index (κ3) is 4.50. The van der Waals surface area contributed by atoms with Crippen molar-refractivity contribution in [1.82, 2.24) is 0 Å². The Morgan fingerprint density at radius 3 is 2.41 bits per heavy atom. The maximum absolute atomic E-state index is 3.90. The zero-order chi connectivity index (χ0) is 22.3. The summed E-state index contributed by atoms with van der Waals surface area (Å²) in [5.74, 6) is 0. The van der Waals surface area contributed by atoms with Crippen molar-refractivity contribution < 1.29 is 0 Å². The summed E-state index contributed by atoms with van der Waals surface area (Å²) in [7, 11) is 0. The first-order valence-electron chi connectivity index (χ1n) is 11.4. The quantitative estimate of drug-likeness (QED) is 0.265. The molecule has 0 heterocycles. The molecule has 0 unspecified atom stereocenters. The second-order valence-electron chi connectivity index (χ2n) is 8.05. The Balaban J connectivity index is 1.84. The molecule has 0 spiro atoms. The van der Waals surface area contributed by atoms with Crippen LogP contribution in [0.3, 0.4) is 0 Å². The number of fused-ring (bicyclic) bond motifs is 3. The predicted molar refractivity (Wildman–Crippen MR) is 141 cm³/mol. The number of benzene rings is 3. The van der Waals surface area contributed by atoms with Crippen LogP contribution in [-0.4, -0.2) is 0 Å². The van der Waals surface area contributed by atoms with Gasteiger partial charge in [-0.25, -0.2) is 0 Å². The smallest absolute Gasteiger partial charge is 0.000750 e. The molecule has 4 rings (SSSR count). The lowest BCUT2D eigenvalue weighted by atomic mass is 9.93. The highest BCUT2D eigenvalue weighted by Crippen LogP contribution is 2.41. The van der Waals surface area contributed by atoms with Gasteiger partial charge < -0.3 is 0 Å². The van der Waals surface area contributed by atoms with Crippen LogP contribution in [0.25, 0.3) is 28.3 Å². The van der Waals surface area contributed by atoms with Crippen LogP contribution in [0, 0.1) is 0 Å². The highest BCUT2D eigenvalue weighted by atomic mass is 14.2. The van der Waals surface area contributed by atoms with Gasteiger partial charge >= 0.3 is 0 Å². The van der Waals surface area contributed by atoms with E-state index in [-0.39, 0.29) is 0 Å². The predicted octanol–water partition coefficient (Wildman–Crippen LogP) is 8.96. The minimum atomic E-state index is 0.983. The number of hydrogen-bond donors (Lipinski definition) is 0. The Morgan fingerprint density at radius 1 is 0.875 bits per heavy atom. The molecule has 0 atom stereocenters. The van der Waals surface area contributed by atoms with E-state index < -0.39 is 0 Å². The average Bonchev–Trinajstić information content (AvgIpc) is 3.21. The van der Waals surface area contributed by atoms with E-state index in [0.717, 1.165) is 12.8 Å². The normalized spacial score (nSPS) is 13.6. The standard InChI is InChI=1S/C32H30/c1-4-12-24(13-5-2)25(14-6-3)19-20-28-21-29(26-15-8-7-9-16-26)23-32-30-18-11-10-17-27(30)22-31(28)32/h4-5,7-21,23H,1,6,22H2,2-3H3/b13-5-,20-19-,24-12+,25-14+. The molecule has 32 heavy (non-hydrogen) atoms. The van der Waals surface area contributed by atoms with Crippen molar-refractivity contribution in [1.29, 1.82) is 0 Å². The van der Waals surface area contributed by atoms with Crippen LogP contribution in [-0.2, 0) is 6.42 Å². The molecule has 0 fully saturated rings. The summed E-state index contributed by atoms with van der Waals surface area (Å²) in [5.41, 5.74) is 11.7. The molecule has 0 aromatic heterocycles. The summed E-state index contributed by atoms with van der Waals surface area (Å²) in [5, 5.41) is 0. The maximum Gasteiger partial charge on any atom is -0.000750 e. The van der Waals surface area contributed by atoms with Gasteiger partial charge in [-0.1, -0.05) is 111 Å². The molecular formula is C32H30. The topological polar surface area (TPSA) is 0 Å². The van der Waals surface area contributed by atoms with Crippen LogP contribution in [0.1, 0.15) is 37.0 Å². The molecule has 3 aromatic rings. The highest BCUT2D eigenvalue weighted by molar-refractivity contribution is 5.86. The minimum Gasteiger partial charge on any atom is -0.0990 e. The fourth-order valence-electron chi connectivity index (χ4n) is 4.44. The van der Waals surface area contributed by atoms with E-state index in [4.69, 9.17) is 0 Å². The largest absolute Gasteiger partial charge is 0.0990 e. The van der Waals surface area contributed by atoms with Gasteiger partial charge in [0.25, 0.3) is 0 Å². The van der Waals surface area contributed by atoms with Crippen LogP contribution in [0.5, 0.6) is 0 Å². The summed E-state index contributed by atoms with van der Waals surface area (Å²) in [6, 6.07) is 24.2. The van der Waals surface area contributed by atoms with Gasteiger partial charge in [-0.15, -0.1) is 0 Å². The third-order valence-electron chi connectivity index (χ3n) is 5.91. The molecule has 0 N–H and O–H groups in total. The highest BCUT2D eigenvalue weighted by Gasteiger charge is 2.21. The summed E-state index contributed by atoms with van der Waals surface area (Å²) in [4.78, 5) is 0. The maximum atomic E-state index is 3.90. The second-order valence-corrected chi connectivity index (χ2v) is 8.05. The third-order valence-corrected chi connectivity index (χ3v) is 5.91. The van der Waals surface area contributed by atoms with Crippen LogP contribution in [0.2, 0.25) is 0 Å². The van der Waals surface area contributed by atoms with Crippen molar-refractivity contribution in [2.75, 3.05) is 0 Å². The lowest BCUT2D eigenvalue weighted by Crippen LogP contribution is -1.90. The Labute approximate surface area is 192 Å². The summed E-state index contributed by atoms with van der Waals surface area (Å²) in [6.07, 6.45) is 17.0. The molecule has 0 amide bonds. The molecule has 1 aliphatic rings. The summed E-state index contributed by atoms with van der Waals surface area (Å²) >= 11 is 0. The van der Waals surface area contributed by atoms with Crippen LogP contribution in [0.15, 0.2) is 121 Å². The van der Waals surface area contributed by atoms with Gasteiger partial charge in [0, 0.05) is 0 Å². The zero-order valence-corrected chi connectivity index (χ0v) is 19.0. The van der Waals surface area contributed by atoms with Gasteiger partial charge in [0.2, 0.25) is 0 Å². The van der Waals surface area contributed by atoms with Crippen LogP contribution in [0.4, 0.5) is 0 Å². The molecule has 0 nitrogen and oxygen atoms in total. The molecular weight excluding hydrogens is 384 g/mol. The summed E-state index contributed by atoms with van der Waals surface area (Å²) < 4.78 is 0. The number of hydrogen-bond acceptors (Lipinski definition) is 0. The van der Waals surface area contributed by atoms with Crippen molar-refractivity contribution >= 4 is 6.08 Å². The van der Waals surface area contributed by atoms with Gasteiger partial charge in [0.05, 0.1) is 0 Å². The zero-order valence-electron chi connectivity index (χ0n) is 19.0. The van der Waals surface area contributed by atoms with Gasteiger partial charge in [0.1, 0.15) is 0 Å². The first-order chi connectivity index (χ1) is 15.7. The van der Waals surface area contributed by atoms with Crippen molar-refractivity contribution in [2.45, 2.75) is 26.7 Å². The lowest BCUT2D eigenvalue weighted by Gasteiger charge is -2.11. The minimum absolute atomic E-state index is 0.983. The number of rotatable bonds is 7. The van der Waals surface area contributed by atoms with Crippen molar-refractivity contribution in [3.63, 3.8) is 0 Å². The lowest BCUT2D eigenvalue weighted by molar-refractivity contribution is 1.20. The average molecular weight is 415 g/mol. The first-order valence-corrected chi connectivity index (χ1v) is 11.4. The molecule has 0 aliphatic heterocycles. The molecule has 158 valence electrons. The van der Waals surface area contributed by atoms with Gasteiger partial charge in [-0.3, -0.25) is 0 Å². The Bertz CT molecular complexity index is 1230. The first kappa shape index (κ1) is 21.6. The van der Waals surface area contributed by atoms with E-state index in [0.29, 0.717) is 0 Å². The molecule has 1 aliphatic carbocycles. The molecule has 3 aromatic carbocycles. The van der Waals surface area contributed by atoms with Crippen LogP contribution >= 0.6 is 0 Å². The van der Waals surface area contributed by atoms with E-state index >= 15 is 0 Å². The van der Waals surface area contributed by atoms with Gasteiger partial charge in [-0.2, -0.15) is 0 Å². The summed E-state index contributed by atoms with van der Waals surface area (Å²) in [6.45, 7) is 8.13.